The summed E-state index contributed by atoms with van der Waals surface area (Å²) in [4.78, 5) is 30.2. The summed E-state index contributed by atoms with van der Waals surface area (Å²) in [6.45, 7) is 0. The van der Waals surface area contributed by atoms with Gasteiger partial charge in [-0.3, -0.25) is 9.78 Å². The highest BCUT2D eigenvalue weighted by molar-refractivity contribution is 6.04. The van der Waals surface area contributed by atoms with Crippen molar-refractivity contribution in [3.05, 3.63) is 82.9 Å². The number of benzene rings is 2. The van der Waals surface area contributed by atoms with Crippen LogP contribution >= 0.6 is 0 Å². The van der Waals surface area contributed by atoms with Gasteiger partial charge < -0.3 is 31.7 Å². The molecular formula is C26H29F3N6O3. The van der Waals surface area contributed by atoms with Crippen molar-refractivity contribution in [2.75, 3.05) is 32.3 Å². The van der Waals surface area contributed by atoms with Crippen LogP contribution in [-0.2, 0) is 0 Å². The second-order valence-corrected chi connectivity index (χ2v) is 8.74. The maximum atomic E-state index is 14.4. The molecule has 1 aromatic heterocycles. The first-order chi connectivity index (χ1) is 18.0. The zero-order chi connectivity index (χ0) is 28.0. The van der Waals surface area contributed by atoms with Gasteiger partial charge >= 0.3 is 6.03 Å². The van der Waals surface area contributed by atoms with Gasteiger partial charge in [0.15, 0.2) is 17.4 Å². The van der Waals surface area contributed by atoms with Crippen molar-refractivity contribution >= 4 is 23.3 Å². The average molecular weight is 531 g/mol. The Morgan fingerprint density at radius 2 is 1.79 bits per heavy atom. The molecular weight excluding hydrogens is 501 g/mol. The number of hydrogen-bond acceptors (Lipinski definition) is 6. The van der Waals surface area contributed by atoms with Crippen LogP contribution in [-0.4, -0.2) is 43.0 Å². The number of aromatic nitrogens is 1. The molecule has 0 aliphatic heterocycles. The molecule has 3 rings (SSSR count). The third-order valence-electron chi connectivity index (χ3n) is 6.01. The molecule has 2 atom stereocenters. The predicted octanol–water partition coefficient (Wildman–Crippen LogP) is 4.13. The van der Waals surface area contributed by atoms with Crippen LogP contribution in [0.5, 0.6) is 5.75 Å². The summed E-state index contributed by atoms with van der Waals surface area (Å²) in [6, 6.07) is 8.71. The van der Waals surface area contributed by atoms with E-state index >= 15 is 0 Å². The lowest BCUT2D eigenvalue weighted by Crippen LogP contribution is -2.34. The Kier molecular flexibility index (Phi) is 9.13. The van der Waals surface area contributed by atoms with E-state index in [1.165, 1.54) is 19.4 Å². The minimum Gasteiger partial charge on any atom is -0.493 e. The zero-order valence-corrected chi connectivity index (χ0v) is 21.1. The molecule has 12 heteroatoms. The van der Waals surface area contributed by atoms with Gasteiger partial charge in [0.25, 0.3) is 5.91 Å². The summed E-state index contributed by atoms with van der Waals surface area (Å²) in [5, 5.41) is 5.30. The van der Waals surface area contributed by atoms with Crippen molar-refractivity contribution in [2.45, 2.75) is 24.9 Å². The number of pyridine rings is 1. The number of hydrogen-bond donors (Lipinski definition) is 4. The van der Waals surface area contributed by atoms with E-state index in [0.717, 1.165) is 6.07 Å². The van der Waals surface area contributed by atoms with E-state index in [1.807, 2.05) is 0 Å². The Morgan fingerprint density at radius 1 is 1.08 bits per heavy atom. The van der Waals surface area contributed by atoms with Gasteiger partial charge in [0.1, 0.15) is 5.69 Å². The summed E-state index contributed by atoms with van der Waals surface area (Å²) in [5.74, 6) is -5.27. The number of carbonyl (C=O) groups is 2. The summed E-state index contributed by atoms with van der Waals surface area (Å²) < 4.78 is 47.3. The SMILES string of the molecule is COc1c(C(CCC(NC(N)=O)c2ccc(C(=O)Nc3ccccc3N)nc2)N(C)C)cc(F)c(F)c1F. The highest BCUT2D eigenvalue weighted by Crippen LogP contribution is 2.37. The first kappa shape index (κ1) is 28.3. The van der Waals surface area contributed by atoms with Crippen molar-refractivity contribution in [3.63, 3.8) is 0 Å². The number of methoxy groups -OCH3 is 1. The number of primary amides is 1. The molecule has 3 amide bonds. The lowest BCUT2D eigenvalue weighted by Gasteiger charge is -2.28. The minimum absolute atomic E-state index is 0.108. The third-order valence-corrected chi connectivity index (χ3v) is 6.01. The quantitative estimate of drug-likeness (QED) is 0.230. The topological polar surface area (TPSA) is 136 Å². The molecule has 1 heterocycles. The Bertz CT molecular complexity index is 1300. The first-order valence-electron chi connectivity index (χ1n) is 11.6. The van der Waals surface area contributed by atoms with Crippen LogP contribution in [0, 0.1) is 17.5 Å². The average Bonchev–Trinajstić information content (AvgIpc) is 2.88. The fourth-order valence-corrected chi connectivity index (χ4v) is 4.10. The van der Waals surface area contributed by atoms with Gasteiger partial charge in [-0.05, 0) is 56.8 Å². The van der Waals surface area contributed by atoms with Crippen LogP contribution in [0.1, 0.15) is 46.5 Å². The molecule has 38 heavy (non-hydrogen) atoms. The van der Waals surface area contributed by atoms with Crippen LogP contribution < -0.4 is 26.8 Å². The Labute approximate surface area is 218 Å². The summed E-state index contributed by atoms with van der Waals surface area (Å²) in [5.41, 5.74) is 12.8. The second kappa shape index (κ2) is 12.3. The number of nitrogens with one attached hydrogen (secondary N) is 2. The molecule has 2 aromatic carbocycles. The fourth-order valence-electron chi connectivity index (χ4n) is 4.10. The predicted molar refractivity (Wildman–Crippen MR) is 137 cm³/mol. The van der Waals surface area contributed by atoms with Crippen LogP contribution in [0.2, 0.25) is 0 Å². The van der Waals surface area contributed by atoms with Gasteiger partial charge in [-0.25, -0.2) is 13.6 Å². The zero-order valence-electron chi connectivity index (χ0n) is 21.1. The summed E-state index contributed by atoms with van der Waals surface area (Å²) in [6.07, 6.45) is 1.93. The molecule has 0 spiro atoms. The fraction of sp³-hybridized carbons (Fsp3) is 0.269. The van der Waals surface area contributed by atoms with Crippen LogP contribution in [0.25, 0.3) is 0 Å². The highest BCUT2D eigenvalue weighted by atomic mass is 19.2. The molecule has 0 saturated heterocycles. The highest BCUT2D eigenvalue weighted by Gasteiger charge is 2.27. The van der Waals surface area contributed by atoms with E-state index in [9.17, 15) is 22.8 Å². The molecule has 9 nitrogen and oxygen atoms in total. The standard InChI is InChI=1S/C26H29F3N6O3/c1-35(2)21(15-12-16(27)22(28)23(29)24(15)38-3)11-10-18(34-26(31)37)14-8-9-20(32-13-14)25(36)33-19-7-5-4-6-17(19)30/h4-9,12-13,18,21H,10-11,30H2,1-3H3,(H,33,36)(H3,31,34,37). The molecule has 0 saturated carbocycles. The van der Waals surface area contributed by atoms with Crippen molar-refractivity contribution in [2.24, 2.45) is 5.73 Å². The molecule has 0 aliphatic carbocycles. The van der Waals surface area contributed by atoms with E-state index in [0.29, 0.717) is 16.9 Å². The van der Waals surface area contributed by atoms with Gasteiger partial charge in [0, 0.05) is 17.8 Å². The number of nitrogens with zero attached hydrogens (tertiary/aromatic N) is 2. The number of halogens is 3. The van der Waals surface area contributed by atoms with Gasteiger partial charge in [-0.15, -0.1) is 0 Å². The van der Waals surface area contributed by atoms with Crippen molar-refractivity contribution in [1.29, 1.82) is 0 Å². The van der Waals surface area contributed by atoms with Crippen molar-refractivity contribution in [3.8, 4) is 5.75 Å². The Balaban J connectivity index is 1.82. The lowest BCUT2D eigenvalue weighted by atomic mass is 9.94. The molecule has 0 fully saturated rings. The molecule has 0 radical (unpaired) electrons. The first-order valence-corrected chi connectivity index (χ1v) is 11.6. The third kappa shape index (κ3) is 6.51. The molecule has 2 unspecified atom stereocenters. The number of para-hydroxylation sites is 2. The molecule has 3 aromatic rings. The molecule has 6 N–H and O–H groups in total. The maximum absolute atomic E-state index is 14.4. The lowest BCUT2D eigenvalue weighted by molar-refractivity contribution is 0.102. The van der Waals surface area contributed by atoms with Crippen LogP contribution in [0.15, 0.2) is 48.7 Å². The van der Waals surface area contributed by atoms with E-state index in [-0.39, 0.29) is 24.1 Å². The van der Waals surface area contributed by atoms with Crippen LogP contribution in [0.4, 0.5) is 29.3 Å². The smallest absolute Gasteiger partial charge is 0.312 e. The van der Waals surface area contributed by atoms with Crippen molar-refractivity contribution < 1.29 is 27.5 Å². The normalized spacial score (nSPS) is 12.6. The van der Waals surface area contributed by atoms with Gasteiger partial charge in [0.05, 0.1) is 24.5 Å². The largest absolute Gasteiger partial charge is 0.493 e. The Morgan fingerprint density at radius 3 is 2.37 bits per heavy atom. The maximum Gasteiger partial charge on any atom is 0.312 e. The van der Waals surface area contributed by atoms with Gasteiger partial charge in [0.2, 0.25) is 5.82 Å². The molecule has 0 aliphatic rings. The molecule has 0 bridgehead atoms. The number of anilines is 2. The van der Waals surface area contributed by atoms with E-state index in [4.69, 9.17) is 16.2 Å². The van der Waals surface area contributed by atoms with Gasteiger partial charge in [-0.1, -0.05) is 18.2 Å². The van der Waals surface area contributed by atoms with E-state index < -0.39 is 47.2 Å². The van der Waals surface area contributed by atoms with Gasteiger partial charge in [-0.2, -0.15) is 4.39 Å². The van der Waals surface area contributed by atoms with Crippen LogP contribution in [0.3, 0.4) is 0 Å². The Hall–Kier alpha value is -4.32. The monoisotopic (exact) mass is 530 g/mol. The number of carbonyl (C=O) groups excluding carboxylic acids is 2. The summed E-state index contributed by atoms with van der Waals surface area (Å²) in [7, 11) is 4.54. The van der Waals surface area contributed by atoms with E-state index in [2.05, 4.69) is 15.6 Å². The number of nitrogen functional groups attached to an aromatic ring is 1. The number of nitrogens with two attached hydrogens (primary N) is 2. The van der Waals surface area contributed by atoms with Crippen molar-refractivity contribution in [1.82, 2.24) is 15.2 Å². The van der Waals surface area contributed by atoms with E-state index in [1.54, 1.807) is 49.3 Å². The number of ether oxygens (including phenoxy) is 1. The second-order valence-electron chi connectivity index (χ2n) is 8.74. The summed E-state index contributed by atoms with van der Waals surface area (Å²) >= 11 is 0. The minimum atomic E-state index is -1.62. The molecule has 202 valence electrons. The number of rotatable bonds is 10. The number of amides is 3. The number of urea groups is 1.